The van der Waals surface area contributed by atoms with E-state index in [0.717, 1.165) is 18.9 Å². The minimum atomic E-state index is -0.595. The Morgan fingerprint density at radius 3 is 2.48 bits per heavy atom. The van der Waals surface area contributed by atoms with Gasteiger partial charge in [-0.1, -0.05) is 17.7 Å². The van der Waals surface area contributed by atoms with Gasteiger partial charge in [0.2, 0.25) is 0 Å². The van der Waals surface area contributed by atoms with Crippen molar-refractivity contribution >= 4 is 23.4 Å². The number of nitrogens with one attached hydrogen (secondary N) is 2. The Bertz CT molecular complexity index is 980. The molecule has 0 radical (unpaired) electrons. The van der Waals surface area contributed by atoms with Crippen molar-refractivity contribution in [2.45, 2.75) is 31.3 Å². The highest BCUT2D eigenvalue weighted by molar-refractivity contribution is 6.30. The van der Waals surface area contributed by atoms with Crippen LogP contribution >= 0.6 is 11.6 Å². The lowest BCUT2D eigenvalue weighted by Gasteiger charge is -2.51. The fraction of sp³-hybridized carbons (Fsp3) is 0.391. The van der Waals surface area contributed by atoms with Crippen LogP contribution in [0.15, 0.2) is 42.5 Å². The molecule has 1 unspecified atom stereocenters. The molecule has 3 aliphatic rings. The maximum absolute atomic E-state index is 13.5. The molecule has 8 heteroatoms. The van der Waals surface area contributed by atoms with Crippen LogP contribution in [-0.4, -0.2) is 37.6 Å². The Hall–Kier alpha value is -2.80. The molecule has 0 saturated heterocycles. The third-order valence-electron chi connectivity index (χ3n) is 6.11. The van der Waals surface area contributed by atoms with E-state index < -0.39 is 5.82 Å². The molecule has 2 aromatic rings. The highest BCUT2D eigenvalue weighted by Crippen LogP contribution is 2.45. The number of fused-ring (bicyclic) bond motifs is 2. The van der Waals surface area contributed by atoms with Gasteiger partial charge in [0.1, 0.15) is 17.3 Å². The first-order valence-electron chi connectivity index (χ1n) is 10.2. The van der Waals surface area contributed by atoms with Crippen molar-refractivity contribution < 1.29 is 23.5 Å². The number of benzene rings is 2. The van der Waals surface area contributed by atoms with Crippen molar-refractivity contribution in [2.24, 2.45) is 11.8 Å². The van der Waals surface area contributed by atoms with E-state index in [2.05, 4.69) is 10.6 Å². The molecule has 0 heterocycles. The molecule has 0 aliphatic heterocycles. The number of halogens is 2. The van der Waals surface area contributed by atoms with Crippen LogP contribution < -0.4 is 20.1 Å². The zero-order chi connectivity index (χ0) is 22.0. The number of hydrogen-bond acceptors (Lipinski definition) is 4. The van der Waals surface area contributed by atoms with Crippen LogP contribution in [0.2, 0.25) is 5.02 Å². The van der Waals surface area contributed by atoms with Gasteiger partial charge in [-0.25, -0.2) is 4.39 Å². The third kappa shape index (κ3) is 4.93. The Balaban J connectivity index is 1.30. The Morgan fingerprint density at radius 2 is 1.77 bits per heavy atom. The topological polar surface area (TPSA) is 76.7 Å². The number of methoxy groups -OCH3 is 1. The summed E-state index contributed by atoms with van der Waals surface area (Å²) in [4.78, 5) is 25.0. The average molecular weight is 447 g/mol. The number of hydrogen-bond donors (Lipinski definition) is 2. The summed E-state index contributed by atoms with van der Waals surface area (Å²) in [5.74, 6) is 0.699. The highest BCUT2D eigenvalue weighted by Gasteiger charge is 2.46. The van der Waals surface area contributed by atoms with Crippen LogP contribution in [0.25, 0.3) is 0 Å². The van der Waals surface area contributed by atoms with Crippen molar-refractivity contribution in [1.29, 1.82) is 0 Å². The zero-order valence-corrected chi connectivity index (χ0v) is 17.8. The zero-order valence-electron chi connectivity index (χ0n) is 17.1. The Kier molecular flexibility index (Phi) is 6.32. The minimum Gasteiger partial charge on any atom is -0.497 e. The van der Waals surface area contributed by atoms with Gasteiger partial charge < -0.3 is 20.1 Å². The molecule has 2 amide bonds. The summed E-state index contributed by atoms with van der Waals surface area (Å²) in [6, 6.07) is 11.0. The van der Waals surface area contributed by atoms with Crippen LogP contribution in [0.1, 0.15) is 29.6 Å². The molecule has 2 N–H and O–H groups in total. The first kappa shape index (κ1) is 21.4. The molecule has 0 aromatic heterocycles. The van der Waals surface area contributed by atoms with Gasteiger partial charge in [-0.15, -0.1) is 0 Å². The maximum Gasteiger partial charge on any atom is 0.258 e. The molecule has 31 heavy (non-hydrogen) atoms. The van der Waals surface area contributed by atoms with E-state index in [1.807, 2.05) is 0 Å². The van der Waals surface area contributed by atoms with E-state index in [0.29, 0.717) is 29.6 Å². The Morgan fingerprint density at radius 1 is 1.03 bits per heavy atom. The van der Waals surface area contributed by atoms with Crippen molar-refractivity contribution in [3.8, 4) is 11.5 Å². The normalized spacial score (nSPS) is 24.0. The summed E-state index contributed by atoms with van der Waals surface area (Å²) in [7, 11) is 1.56. The quantitative estimate of drug-likeness (QED) is 0.681. The third-order valence-corrected chi connectivity index (χ3v) is 6.42. The second-order valence-electron chi connectivity index (χ2n) is 8.08. The monoisotopic (exact) mass is 446 g/mol. The molecule has 3 aliphatic carbocycles. The highest BCUT2D eigenvalue weighted by atomic mass is 35.5. The van der Waals surface area contributed by atoms with Crippen molar-refractivity contribution in [2.75, 3.05) is 13.7 Å². The average Bonchev–Trinajstić information content (AvgIpc) is 2.73. The van der Waals surface area contributed by atoms with Gasteiger partial charge in [-0.05, 0) is 61.4 Å². The lowest BCUT2D eigenvalue weighted by molar-refractivity contribution is -0.125. The van der Waals surface area contributed by atoms with Gasteiger partial charge in [0, 0.05) is 23.7 Å². The second-order valence-corrected chi connectivity index (χ2v) is 8.48. The van der Waals surface area contributed by atoms with Crippen LogP contribution in [-0.2, 0) is 4.79 Å². The largest absolute Gasteiger partial charge is 0.497 e. The lowest BCUT2D eigenvalue weighted by Crippen LogP contribution is -2.60. The predicted octanol–water partition coefficient (Wildman–Crippen LogP) is 3.58. The van der Waals surface area contributed by atoms with E-state index >= 15 is 0 Å². The summed E-state index contributed by atoms with van der Waals surface area (Å²) < 4.78 is 24.0. The second kappa shape index (κ2) is 9.14. The lowest BCUT2D eigenvalue weighted by atomic mass is 9.60. The fourth-order valence-electron chi connectivity index (χ4n) is 4.36. The van der Waals surface area contributed by atoms with Crippen LogP contribution in [0.4, 0.5) is 4.39 Å². The van der Waals surface area contributed by atoms with E-state index in [-0.39, 0.29) is 41.3 Å². The van der Waals surface area contributed by atoms with Crippen LogP contribution in [0.3, 0.4) is 0 Å². The Labute approximate surface area is 185 Å². The molecule has 164 valence electrons. The predicted molar refractivity (Wildman–Crippen MR) is 114 cm³/mol. The fourth-order valence-corrected chi connectivity index (χ4v) is 4.48. The van der Waals surface area contributed by atoms with E-state index in [1.54, 1.807) is 31.4 Å². The van der Waals surface area contributed by atoms with Gasteiger partial charge in [0.25, 0.3) is 11.8 Å². The van der Waals surface area contributed by atoms with E-state index in [9.17, 15) is 14.0 Å². The number of ether oxygens (including phenoxy) is 2. The maximum atomic E-state index is 13.5. The summed E-state index contributed by atoms with van der Waals surface area (Å²) in [5.41, 5.74) is 0.546. The minimum absolute atomic E-state index is 0.000260. The van der Waals surface area contributed by atoms with Crippen molar-refractivity contribution in [3.63, 3.8) is 0 Å². The number of carbonyl (C=O) groups excluding carboxylic acids is 2. The number of carbonyl (C=O) groups is 2. The van der Waals surface area contributed by atoms with Gasteiger partial charge in [-0.2, -0.15) is 0 Å². The molecule has 2 aromatic carbocycles. The first-order chi connectivity index (χ1) is 14.9. The van der Waals surface area contributed by atoms with Crippen molar-refractivity contribution in [3.05, 3.63) is 58.9 Å². The van der Waals surface area contributed by atoms with Gasteiger partial charge >= 0.3 is 0 Å². The summed E-state index contributed by atoms with van der Waals surface area (Å²) in [5, 5.41) is 6.13. The van der Waals surface area contributed by atoms with E-state index in [1.165, 1.54) is 12.1 Å². The molecule has 2 atom stereocenters. The first-order valence-corrected chi connectivity index (χ1v) is 10.6. The molecule has 0 spiro atoms. The molecule has 6 nitrogen and oxygen atoms in total. The molecule has 2 bridgehead atoms. The molecular weight excluding hydrogens is 423 g/mol. The van der Waals surface area contributed by atoms with Gasteiger partial charge in [0.15, 0.2) is 6.61 Å². The molecule has 5 rings (SSSR count). The van der Waals surface area contributed by atoms with Gasteiger partial charge in [-0.3, -0.25) is 9.59 Å². The smallest absolute Gasteiger partial charge is 0.258 e. The standard InChI is InChI=1S/C23H24ClFN2O4/c1-30-16-4-2-3-13(9-16)23(29)27-21-11-20(14-7-15(21)8-14)26-22(28)12-31-17-5-6-18(24)19(25)10-17/h2-6,9-10,14-15,20-21H,7-8,11-12H2,1H3,(H,26,28)(H,27,29)/t14?,15?,20-,21?/m0/s1. The summed E-state index contributed by atoms with van der Waals surface area (Å²) in [6.45, 7) is -0.214. The summed E-state index contributed by atoms with van der Waals surface area (Å²) >= 11 is 5.65. The molecule has 3 fully saturated rings. The number of rotatable bonds is 7. The van der Waals surface area contributed by atoms with Gasteiger partial charge in [0.05, 0.1) is 12.1 Å². The summed E-state index contributed by atoms with van der Waals surface area (Å²) in [6.07, 6.45) is 2.61. The van der Waals surface area contributed by atoms with E-state index in [4.69, 9.17) is 21.1 Å². The van der Waals surface area contributed by atoms with Crippen molar-refractivity contribution in [1.82, 2.24) is 10.6 Å². The number of amides is 2. The molecule has 3 saturated carbocycles. The van der Waals surface area contributed by atoms with Crippen LogP contribution in [0, 0.1) is 17.7 Å². The molecular formula is C23H24ClFN2O4. The van der Waals surface area contributed by atoms with Crippen LogP contribution in [0.5, 0.6) is 11.5 Å². The SMILES string of the molecule is COc1cccc(C(=O)NC2C[C@H](NC(=O)COc3ccc(Cl)c(F)c3)C3CC2C3)c1.